The second-order valence-corrected chi connectivity index (χ2v) is 18.4. The lowest BCUT2D eigenvalue weighted by Gasteiger charge is -2.39. The maximum atomic E-state index is 14.0. The molecule has 2 rings (SSSR count). The number of hydrogen-bond acceptors (Lipinski definition) is 9. The van der Waals surface area contributed by atoms with Crippen LogP contribution in [-0.2, 0) is 22.8 Å². The van der Waals surface area contributed by atoms with Gasteiger partial charge >= 0.3 is 13.4 Å². The summed E-state index contributed by atoms with van der Waals surface area (Å²) in [5, 5.41) is 19.0. The van der Waals surface area contributed by atoms with Crippen LogP contribution < -0.4 is 11.2 Å². The van der Waals surface area contributed by atoms with Crippen LogP contribution >= 0.6 is 23.7 Å². The van der Waals surface area contributed by atoms with E-state index in [4.69, 9.17) is 23.3 Å². The molecule has 5 atom stereocenters. The smallest absolute Gasteiger partial charge is 0.408 e. The highest BCUT2D eigenvalue weighted by Crippen LogP contribution is 2.52. The van der Waals surface area contributed by atoms with Gasteiger partial charge in [0.1, 0.15) is 12.3 Å². The normalized spacial score (nSPS) is 23.1. The zero-order valence-electron chi connectivity index (χ0n) is 22.7. The van der Waals surface area contributed by atoms with Crippen LogP contribution in [0.1, 0.15) is 39.8 Å². The molecule has 16 heteroatoms. The molecule has 2 unspecified atom stereocenters. The van der Waals surface area contributed by atoms with E-state index >= 15 is 0 Å². The van der Waals surface area contributed by atoms with Gasteiger partial charge in [0, 0.05) is 18.3 Å². The second kappa shape index (κ2) is 13.7. The first kappa shape index (κ1) is 33.5. The van der Waals surface area contributed by atoms with E-state index in [2.05, 4.69) is 36.7 Å². The van der Waals surface area contributed by atoms with Gasteiger partial charge in [-0.15, -0.1) is 0 Å². The third kappa shape index (κ3) is 8.63. The van der Waals surface area contributed by atoms with Crippen LogP contribution in [0.4, 0.5) is 4.39 Å². The van der Waals surface area contributed by atoms with Gasteiger partial charge in [-0.1, -0.05) is 36.7 Å². The van der Waals surface area contributed by atoms with Gasteiger partial charge in [0.05, 0.1) is 38.2 Å². The third-order valence-electron chi connectivity index (χ3n) is 6.81. The molecule has 12 nitrogen and oxygen atoms in total. The molecule has 1 fully saturated rings. The molecule has 0 bridgehead atoms. The van der Waals surface area contributed by atoms with Crippen molar-refractivity contribution in [3.8, 4) is 0 Å². The summed E-state index contributed by atoms with van der Waals surface area (Å²) in [5.41, 5.74) is -1.96. The lowest BCUT2D eigenvalue weighted by atomic mass is 10.2. The van der Waals surface area contributed by atoms with Crippen LogP contribution in [0.2, 0.25) is 18.1 Å². The van der Waals surface area contributed by atoms with Crippen LogP contribution in [0.25, 0.3) is 0 Å². The Labute approximate surface area is 231 Å². The fourth-order valence-corrected chi connectivity index (χ4v) is 7.07. The van der Waals surface area contributed by atoms with Crippen molar-refractivity contribution in [2.24, 2.45) is 0 Å². The molecule has 3 N–H and O–H groups in total. The summed E-state index contributed by atoms with van der Waals surface area (Å²) in [4.78, 5) is 25.8. The average molecular weight is 649 g/mol. The van der Waals surface area contributed by atoms with E-state index in [1.54, 1.807) is 7.05 Å². The monoisotopic (exact) mass is 647 g/mol. The Morgan fingerprint density at radius 1 is 1.37 bits per heavy atom. The van der Waals surface area contributed by atoms with Gasteiger partial charge in [-0.3, -0.25) is 23.4 Å². The highest BCUT2D eigenvalue weighted by molar-refractivity contribution is 9.09. The number of aliphatic hydroxyl groups excluding tert-OH is 2. The molecule has 1 aromatic rings. The Bertz CT molecular complexity index is 1080. The minimum atomic E-state index is -3.86. The van der Waals surface area contributed by atoms with E-state index in [9.17, 15) is 23.7 Å². The van der Waals surface area contributed by atoms with Crippen molar-refractivity contribution in [1.29, 1.82) is 0 Å². The van der Waals surface area contributed by atoms with E-state index in [0.29, 0.717) is 11.9 Å². The number of ether oxygens (including phenoxy) is 1. The van der Waals surface area contributed by atoms with Crippen molar-refractivity contribution < 1.29 is 37.4 Å². The van der Waals surface area contributed by atoms with Crippen molar-refractivity contribution in [2.75, 3.05) is 38.7 Å². The summed E-state index contributed by atoms with van der Waals surface area (Å²) in [5.74, 6) is -1.13. The number of alkyl halides is 1. The molecule has 2 heterocycles. The van der Waals surface area contributed by atoms with Crippen LogP contribution in [0.15, 0.2) is 15.8 Å². The topological polar surface area (TPSA) is 153 Å². The fourth-order valence-electron chi connectivity index (χ4n) is 3.42. The molecule has 1 aromatic heterocycles. The average Bonchev–Trinajstić information content (AvgIpc) is 3.20. The van der Waals surface area contributed by atoms with E-state index in [-0.39, 0.29) is 31.1 Å². The SMILES string of the molecule is CN(CCBr)P(=O)(OCCC(O)CO)OC[C@H]1O[C@@H](n2cc(F)c(=O)[nH]c2=O)C[C@@H]1O[Si](C)(C)C(C)(C)C. The van der Waals surface area contributed by atoms with Crippen LogP contribution in [0, 0.1) is 5.82 Å². The van der Waals surface area contributed by atoms with Crippen LogP contribution in [-0.4, -0.2) is 89.8 Å². The number of nitrogens with zero attached hydrogens (tertiary/aromatic N) is 2. The molecule has 38 heavy (non-hydrogen) atoms. The number of nitrogens with one attached hydrogen (secondary N) is 1. The standard InChI is InChI=1S/C22H40BrFN3O9PSi/c1-22(2,3)38(5,6)36-17-11-19(27-12-16(24)20(30)25-21(27)31)35-18(17)14-34-37(32,26(4)9-8-23)33-10-7-15(29)13-28/h12,15,17-19,28-29H,7-11,13-14H2,1-6H3,(H,25,30,31)/t15?,17-,18+,19+,37?/m0/s1. The van der Waals surface area contributed by atoms with E-state index in [0.717, 1.165) is 10.8 Å². The number of halogens is 2. The largest absolute Gasteiger partial charge is 0.411 e. The fraction of sp³-hybridized carbons (Fsp3) is 0.818. The summed E-state index contributed by atoms with van der Waals surface area (Å²) in [6.45, 7) is 9.80. The maximum absolute atomic E-state index is 14.0. The second-order valence-electron chi connectivity index (χ2n) is 10.7. The van der Waals surface area contributed by atoms with Crippen molar-refractivity contribution in [3.63, 3.8) is 0 Å². The molecule has 1 saturated heterocycles. The lowest BCUT2D eigenvalue weighted by molar-refractivity contribution is -0.0438. The summed E-state index contributed by atoms with van der Waals surface area (Å²) in [6, 6.07) is 0. The first-order valence-corrected chi connectivity index (χ1v) is 17.9. The highest BCUT2D eigenvalue weighted by Gasteiger charge is 2.46. The van der Waals surface area contributed by atoms with Gasteiger partial charge < -0.3 is 19.4 Å². The van der Waals surface area contributed by atoms with Gasteiger partial charge in [0.2, 0.25) is 5.82 Å². The molecule has 220 valence electrons. The molecule has 0 amide bonds. The predicted molar refractivity (Wildman–Crippen MR) is 146 cm³/mol. The van der Waals surface area contributed by atoms with Crippen LogP contribution in [0.5, 0.6) is 0 Å². The first-order chi connectivity index (χ1) is 17.5. The molecular formula is C22H40BrFN3O9PSi. The third-order valence-corrected chi connectivity index (χ3v) is 13.7. The van der Waals surface area contributed by atoms with E-state index in [1.807, 2.05) is 18.1 Å². The van der Waals surface area contributed by atoms with Crippen molar-refractivity contribution in [1.82, 2.24) is 14.2 Å². The molecule has 1 aliphatic heterocycles. The first-order valence-electron chi connectivity index (χ1n) is 12.3. The Balaban J connectivity index is 2.31. The maximum Gasteiger partial charge on any atom is 0.408 e. The summed E-state index contributed by atoms with van der Waals surface area (Å²) < 4.78 is 54.0. The molecule has 0 aliphatic carbocycles. The summed E-state index contributed by atoms with van der Waals surface area (Å²) >= 11 is 3.30. The Morgan fingerprint density at radius 2 is 2.03 bits per heavy atom. The van der Waals surface area contributed by atoms with Gasteiger partial charge in [0.25, 0.3) is 5.56 Å². The number of rotatable bonds is 14. The molecule has 0 saturated carbocycles. The number of aromatic nitrogens is 2. The summed E-state index contributed by atoms with van der Waals surface area (Å²) in [6.07, 6.45) is -2.37. The number of aliphatic hydroxyl groups is 2. The zero-order valence-corrected chi connectivity index (χ0v) is 26.2. The van der Waals surface area contributed by atoms with E-state index < -0.39 is 64.3 Å². The minimum Gasteiger partial charge on any atom is -0.411 e. The minimum absolute atomic E-state index is 0.0474. The Kier molecular flexibility index (Phi) is 12.1. The summed E-state index contributed by atoms with van der Waals surface area (Å²) in [7, 11) is -4.64. The molecular weight excluding hydrogens is 608 g/mol. The number of aromatic amines is 1. The Morgan fingerprint density at radius 3 is 2.61 bits per heavy atom. The van der Waals surface area contributed by atoms with Crippen molar-refractivity contribution in [2.45, 2.75) is 76.3 Å². The van der Waals surface area contributed by atoms with E-state index in [1.165, 1.54) is 4.67 Å². The number of H-pyrrole nitrogens is 1. The van der Waals surface area contributed by atoms with Crippen LogP contribution in [0.3, 0.4) is 0 Å². The van der Waals surface area contributed by atoms with Crippen molar-refractivity contribution >= 4 is 32.0 Å². The molecule has 0 spiro atoms. The number of hydrogen-bond donors (Lipinski definition) is 3. The highest BCUT2D eigenvalue weighted by atomic mass is 79.9. The molecule has 0 aromatic carbocycles. The molecule has 0 radical (unpaired) electrons. The zero-order chi connectivity index (χ0) is 28.9. The van der Waals surface area contributed by atoms with Gasteiger partial charge in [-0.2, -0.15) is 4.39 Å². The van der Waals surface area contributed by atoms with Crippen molar-refractivity contribution in [3.05, 3.63) is 32.9 Å². The predicted octanol–water partition coefficient (Wildman–Crippen LogP) is 2.56. The van der Waals surface area contributed by atoms with Gasteiger partial charge in [-0.05, 0) is 31.6 Å². The van der Waals surface area contributed by atoms with Gasteiger partial charge in [-0.25, -0.2) is 14.0 Å². The quantitative estimate of drug-likeness (QED) is 0.156. The van der Waals surface area contributed by atoms with Gasteiger partial charge in [0.15, 0.2) is 8.32 Å². The lowest BCUT2D eigenvalue weighted by Crippen LogP contribution is -2.46. The Hall–Kier alpha value is -0.743. The molecule has 1 aliphatic rings.